The van der Waals surface area contributed by atoms with Crippen molar-refractivity contribution in [2.75, 3.05) is 33.5 Å². The van der Waals surface area contributed by atoms with Gasteiger partial charge in [0.2, 0.25) is 0 Å². The van der Waals surface area contributed by atoms with Crippen LogP contribution in [0.5, 0.6) is 0 Å². The average molecular weight is 1220 g/mol. The maximum absolute atomic E-state index is 14.8. The number of hydrogen-bond acceptors (Lipinski definition) is 12. The molecule has 0 saturated carbocycles. The first-order chi connectivity index (χ1) is 39.8. The predicted octanol–water partition coefficient (Wildman–Crippen LogP) is 11.8. The van der Waals surface area contributed by atoms with Gasteiger partial charge in [0.05, 0.1) is 9.85 Å². The molecule has 2 aliphatic heterocycles. The number of nitro groups is 4. The van der Waals surface area contributed by atoms with E-state index in [1.165, 1.54) is 24.3 Å². The van der Waals surface area contributed by atoms with E-state index in [9.17, 15) is 50.0 Å². The zero-order valence-electron chi connectivity index (χ0n) is 43.3. The number of hydrogen-bond donors (Lipinski definition) is 2. The maximum atomic E-state index is 14.8. The van der Waals surface area contributed by atoms with Crippen molar-refractivity contribution in [3.8, 4) is 22.3 Å². The van der Waals surface area contributed by atoms with Gasteiger partial charge in [0, 0.05) is 0 Å². The Balaban J connectivity index is 0.946. The van der Waals surface area contributed by atoms with Crippen LogP contribution in [0.25, 0.3) is 65.3 Å². The molecule has 18 nitrogen and oxygen atoms in total. The first-order valence-electron chi connectivity index (χ1n) is 26.3. The fourth-order valence-electron chi connectivity index (χ4n) is 11.7. The fourth-order valence-corrected chi connectivity index (χ4v) is 18.8. The van der Waals surface area contributed by atoms with Gasteiger partial charge in [-0.25, -0.2) is 0 Å². The van der Waals surface area contributed by atoms with E-state index in [4.69, 9.17) is 0 Å². The molecule has 10 aromatic rings. The molecule has 2 saturated heterocycles. The van der Waals surface area contributed by atoms with E-state index in [2.05, 4.69) is 59.2 Å². The molecule has 0 spiro atoms. The first-order valence-corrected chi connectivity index (χ1v) is 32.3. The minimum atomic E-state index is -0.817. The number of amides is 2. The van der Waals surface area contributed by atoms with Gasteiger partial charge in [-0.15, -0.1) is 0 Å². The van der Waals surface area contributed by atoms with Crippen molar-refractivity contribution >= 4 is 136 Å². The zero-order valence-corrected chi connectivity index (χ0v) is 46.7. The third-order valence-corrected chi connectivity index (χ3v) is 22.5. The SMILES string of the molecule is O=C(Nc1ccc2ccccc2c1-c1c([Se][Se]c2ccc3ccccc3c2-c2c(NC(=O)C3CCCN3c3ccc([N+](=O)[O-])cc3[N+](=O)[O-])ccc3ccccc23)ccc2ccccc12)C1CCCN1c1ccc([N+](=O)[O-])cc1[N+](=O)[O-]. The fraction of sp³-hybridized carbons (Fsp3) is 0.129. The molecule has 2 unspecified atom stereocenters. The van der Waals surface area contributed by atoms with Gasteiger partial charge < -0.3 is 0 Å². The monoisotopic (exact) mass is 1220 g/mol. The van der Waals surface area contributed by atoms with Crippen molar-refractivity contribution in [1.82, 2.24) is 0 Å². The Morgan fingerprint density at radius 1 is 0.415 bits per heavy atom. The van der Waals surface area contributed by atoms with Crippen LogP contribution in [0.2, 0.25) is 0 Å². The van der Waals surface area contributed by atoms with Gasteiger partial charge in [-0.05, 0) is 0 Å². The van der Waals surface area contributed by atoms with Gasteiger partial charge in [0.25, 0.3) is 0 Å². The second-order valence-corrected chi connectivity index (χ2v) is 26.1. The third kappa shape index (κ3) is 9.87. The van der Waals surface area contributed by atoms with Gasteiger partial charge in [0.1, 0.15) is 0 Å². The Hall–Kier alpha value is -9.58. The van der Waals surface area contributed by atoms with Crippen molar-refractivity contribution < 1.29 is 29.3 Å². The summed E-state index contributed by atoms with van der Waals surface area (Å²) in [5, 5.41) is 62.2. The molecule has 0 aliphatic carbocycles. The second kappa shape index (κ2) is 22.2. The van der Waals surface area contributed by atoms with Crippen LogP contribution in [-0.4, -0.2) is 82.9 Å². The molecule has 20 heteroatoms. The van der Waals surface area contributed by atoms with Crippen molar-refractivity contribution in [2.24, 2.45) is 0 Å². The van der Waals surface area contributed by atoms with Gasteiger partial charge in [-0.1, -0.05) is 0 Å². The Kier molecular flexibility index (Phi) is 14.3. The Morgan fingerprint density at radius 2 is 0.756 bits per heavy atom. The number of carbonyl (C=O) groups is 2. The van der Waals surface area contributed by atoms with Crippen LogP contribution < -0.4 is 29.4 Å². The summed E-state index contributed by atoms with van der Waals surface area (Å²) in [6.45, 7) is 0.665. The molecule has 10 aromatic carbocycles. The number of anilines is 4. The number of nitro benzene ring substituents is 4. The molecule has 2 N–H and O–H groups in total. The summed E-state index contributed by atoms with van der Waals surface area (Å²) in [5.41, 5.74) is 3.19. The molecule has 0 aromatic heterocycles. The van der Waals surface area contributed by atoms with Crippen molar-refractivity contribution in [1.29, 1.82) is 0 Å². The van der Waals surface area contributed by atoms with E-state index in [0.717, 1.165) is 86.4 Å². The van der Waals surface area contributed by atoms with Gasteiger partial charge in [0.15, 0.2) is 0 Å². The van der Waals surface area contributed by atoms with E-state index in [0.29, 0.717) is 50.1 Å². The van der Waals surface area contributed by atoms with E-state index < -0.39 is 54.5 Å². The molecule has 82 heavy (non-hydrogen) atoms. The molecular formula is C62H46N8O10Se2. The van der Waals surface area contributed by atoms with Crippen LogP contribution >= 0.6 is 0 Å². The molecule has 2 amide bonds. The van der Waals surface area contributed by atoms with E-state index >= 15 is 0 Å². The van der Waals surface area contributed by atoms with Crippen molar-refractivity contribution in [3.63, 3.8) is 0 Å². The molecule has 0 bridgehead atoms. The van der Waals surface area contributed by atoms with Crippen LogP contribution in [0.1, 0.15) is 25.7 Å². The number of benzene rings is 10. The summed E-state index contributed by atoms with van der Waals surface area (Å²) < 4.78 is 2.16. The predicted molar refractivity (Wildman–Crippen MR) is 322 cm³/mol. The molecule has 2 aliphatic rings. The Bertz CT molecular complexity index is 4060. The molecule has 2 fully saturated rings. The molecule has 406 valence electrons. The quantitative estimate of drug-likeness (QED) is 0.0554. The van der Waals surface area contributed by atoms with Crippen molar-refractivity contribution in [3.05, 3.63) is 222 Å². The number of fused-ring (bicyclic) bond motifs is 4. The van der Waals surface area contributed by atoms with E-state index in [1.54, 1.807) is 9.80 Å². The van der Waals surface area contributed by atoms with Gasteiger partial charge in [-0.2, -0.15) is 0 Å². The normalized spacial score (nSPS) is 15.1. The van der Waals surface area contributed by atoms with E-state index in [1.807, 2.05) is 97.1 Å². The summed E-state index contributed by atoms with van der Waals surface area (Å²) in [7, 11) is 0. The topological polar surface area (TPSA) is 237 Å². The number of non-ortho nitro benzene ring substituents is 2. The van der Waals surface area contributed by atoms with Crippen LogP contribution in [-0.2, 0) is 9.59 Å². The average Bonchev–Trinajstić information content (AvgIpc) is 4.28. The molecule has 0 radical (unpaired) electrons. The Morgan fingerprint density at radius 3 is 1.11 bits per heavy atom. The number of carbonyl (C=O) groups excluding carboxylic acids is 2. The van der Waals surface area contributed by atoms with Crippen LogP contribution in [0.4, 0.5) is 45.5 Å². The van der Waals surface area contributed by atoms with Crippen LogP contribution in [0.3, 0.4) is 0 Å². The molecule has 12 rings (SSSR count). The number of rotatable bonds is 15. The molecule has 2 heterocycles. The summed E-state index contributed by atoms with van der Waals surface area (Å²) in [6.07, 6.45) is 1.93. The molecular weight excluding hydrogens is 1170 g/mol. The third-order valence-electron chi connectivity index (χ3n) is 15.3. The van der Waals surface area contributed by atoms with Crippen molar-refractivity contribution in [2.45, 2.75) is 37.8 Å². The molecule has 2 atom stereocenters. The zero-order chi connectivity index (χ0) is 56.8. The summed E-state index contributed by atoms with van der Waals surface area (Å²) in [4.78, 5) is 78.3. The van der Waals surface area contributed by atoms with Crippen LogP contribution in [0.15, 0.2) is 182 Å². The number of nitrogens with one attached hydrogen (secondary N) is 2. The standard InChI is InChI=1S/C62H46N8O10Se2/c71-61(51-19-9-33-65(51)49-29-25-41(67(73)74)35-53(49)69(77)78)63-47-27-21-37-11-1-5-15-43(37)57(47)59-45-17-7-3-13-39(45)23-31-55(59)81-82-56-32-24-40-14-4-8-18-46(40)60(56)58-44-16-6-2-12-38(44)22-28-48(58)64-62(72)52-20-10-34-66(52)50-30-26-42(68(75)76)36-54(50)70(79)80/h1-8,11-18,21-32,35-36,51-52H,9-10,19-20,33-34H2,(H,63,71)(H,64,72). The van der Waals surface area contributed by atoms with Gasteiger partial charge >= 0.3 is 451 Å². The second-order valence-electron chi connectivity index (χ2n) is 20.0. The van der Waals surface area contributed by atoms with Gasteiger partial charge in [-0.3, -0.25) is 20.2 Å². The minimum absolute atomic E-state index is 0.132. The van der Waals surface area contributed by atoms with Crippen LogP contribution in [0, 0.1) is 40.5 Å². The van der Waals surface area contributed by atoms with E-state index in [-0.39, 0.29) is 49.5 Å². The first kappa shape index (κ1) is 53.1. The summed E-state index contributed by atoms with van der Waals surface area (Å²) in [5.74, 6) is -0.740. The summed E-state index contributed by atoms with van der Waals surface area (Å²) in [6, 6.07) is 54.0. The summed E-state index contributed by atoms with van der Waals surface area (Å²) >= 11 is -0.507. The Labute approximate surface area is 478 Å². The number of nitrogens with zero attached hydrogens (tertiary/aromatic N) is 6.